The predicted octanol–water partition coefficient (Wildman–Crippen LogP) is 3.87. The molecule has 0 bridgehead atoms. The fraction of sp³-hybridized carbons (Fsp3) is 0.0952. The largest absolute Gasteiger partial charge is 0.457 e. The molecule has 0 saturated heterocycles. The number of hydrogen-bond donors (Lipinski definition) is 2. The molecule has 0 aromatic heterocycles. The number of rotatable bonds is 4. The summed E-state index contributed by atoms with van der Waals surface area (Å²) in [7, 11) is -2.40. The second-order valence-electron chi connectivity index (χ2n) is 6.43. The van der Waals surface area contributed by atoms with Crippen molar-refractivity contribution >= 4 is 27.5 Å². The lowest BCUT2D eigenvalue weighted by molar-refractivity contribution is 0.0941. The summed E-state index contributed by atoms with van der Waals surface area (Å²) in [6.07, 6.45) is 0. The molecule has 0 radical (unpaired) electrons. The van der Waals surface area contributed by atoms with Crippen LogP contribution < -0.4 is 14.8 Å². The van der Waals surface area contributed by atoms with Crippen molar-refractivity contribution in [3.8, 4) is 11.5 Å². The average Bonchev–Trinajstić information content (AvgIpc) is 2.73. The van der Waals surface area contributed by atoms with Crippen molar-refractivity contribution in [3.63, 3.8) is 0 Å². The number of carbonyl (C=O) groups excluding carboxylic acids is 1. The van der Waals surface area contributed by atoms with Crippen molar-refractivity contribution in [2.24, 2.45) is 0 Å². The van der Waals surface area contributed by atoms with Gasteiger partial charge in [0.2, 0.25) is 10.0 Å². The minimum Gasteiger partial charge on any atom is -0.457 e. The number of nitrogens with one attached hydrogen (secondary N) is 2. The highest BCUT2D eigenvalue weighted by Gasteiger charge is 2.29. The van der Waals surface area contributed by atoms with Crippen molar-refractivity contribution in [2.45, 2.75) is 10.9 Å². The van der Waals surface area contributed by atoms with Crippen molar-refractivity contribution in [2.75, 3.05) is 7.05 Å². The maximum absolute atomic E-state index is 13.1. The molecule has 0 spiro atoms. The third kappa shape index (κ3) is 3.60. The number of amides is 1. The minimum absolute atomic E-state index is 0.0395. The minimum atomic E-state index is -3.71. The van der Waals surface area contributed by atoms with Crippen LogP contribution in [0.25, 0.3) is 0 Å². The van der Waals surface area contributed by atoms with E-state index in [0.29, 0.717) is 11.5 Å². The maximum atomic E-state index is 13.1. The predicted molar refractivity (Wildman–Crippen MR) is 110 cm³/mol. The van der Waals surface area contributed by atoms with Gasteiger partial charge in [-0.25, -0.2) is 13.1 Å². The summed E-state index contributed by atoms with van der Waals surface area (Å²) < 4.78 is 32.4. The number of hydrogen-bond acceptors (Lipinski definition) is 4. The molecule has 0 fully saturated rings. The molecule has 1 amide bonds. The number of halogens is 1. The van der Waals surface area contributed by atoms with Crippen LogP contribution in [0.15, 0.2) is 71.6 Å². The van der Waals surface area contributed by atoms with E-state index in [-0.39, 0.29) is 15.5 Å². The molecule has 29 heavy (non-hydrogen) atoms. The summed E-state index contributed by atoms with van der Waals surface area (Å²) in [6, 6.07) is 18.4. The van der Waals surface area contributed by atoms with Crippen molar-refractivity contribution < 1.29 is 17.9 Å². The SMILES string of the molecule is CNS(=O)(=O)c1ccc(Cl)c(C(=O)NC2c3ccccc3Oc3ccccc32)c1. The van der Waals surface area contributed by atoms with Gasteiger partial charge in [0.15, 0.2) is 0 Å². The van der Waals surface area contributed by atoms with E-state index in [1.807, 2.05) is 48.5 Å². The zero-order valence-electron chi connectivity index (χ0n) is 15.3. The average molecular weight is 429 g/mol. The zero-order chi connectivity index (χ0) is 20.6. The van der Waals surface area contributed by atoms with Crippen molar-refractivity contribution in [1.82, 2.24) is 10.0 Å². The summed E-state index contributed by atoms with van der Waals surface area (Å²) in [4.78, 5) is 13.0. The Kier molecular flexibility index (Phi) is 5.04. The van der Waals surface area contributed by atoms with E-state index in [2.05, 4.69) is 10.0 Å². The summed E-state index contributed by atoms with van der Waals surface area (Å²) in [5.41, 5.74) is 1.67. The zero-order valence-corrected chi connectivity index (χ0v) is 16.9. The lowest BCUT2D eigenvalue weighted by atomic mass is 9.94. The van der Waals surface area contributed by atoms with Gasteiger partial charge >= 0.3 is 0 Å². The molecular formula is C21H17ClN2O4S. The molecule has 0 aliphatic carbocycles. The Morgan fingerprint density at radius 1 is 0.966 bits per heavy atom. The summed E-state index contributed by atoms with van der Waals surface area (Å²) in [5.74, 6) is 0.808. The van der Waals surface area contributed by atoms with E-state index in [4.69, 9.17) is 16.3 Å². The highest BCUT2D eigenvalue weighted by atomic mass is 35.5. The molecule has 0 saturated carbocycles. The van der Waals surface area contributed by atoms with Crippen LogP contribution in [-0.2, 0) is 10.0 Å². The number of fused-ring (bicyclic) bond motifs is 2. The van der Waals surface area contributed by atoms with Gasteiger partial charge in [-0.3, -0.25) is 4.79 Å². The van der Waals surface area contributed by atoms with E-state index < -0.39 is 22.0 Å². The molecule has 1 aliphatic rings. The van der Waals surface area contributed by atoms with E-state index in [1.165, 1.54) is 25.2 Å². The first-order valence-corrected chi connectivity index (χ1v) is 10.7. The van der Waals surface area contributed by atoms with Crippen LogP contribution in [0.5, 0.6) is 11.5 Å². The van der Waals surface area contributed by atoms with Crippen LogP contribution in [0.4, 0.5) is 0 Å². The van der Waals surface area contributed by atoms with E-state index >= 15 is 0 Å². The van der Waals surface area contributed by atoms with Gasteiger partial charge in [-0.2, -0.15) is 0 Å². The third-order valence-electron chi connectivity index (χ3n) is 4.72. The van der Waals surface area contributed by atoms with Gasteiger partial charge in [0, 0.05) is 11.1 Å². The Morgan fingerprint density at radius 2 is 1.55 bits per heavy atom. The first-order valence-electron chi connectivity index (χ1n) is 8.80. The van der Waals surface area contributed by atoms with E-state index in [9.17, 15) is 13.2 Å². The van der Waals surface area contributed by atoms with Crippen molar-refractivity contribution in [3.05, 3.63) is 88.4 Å². The lowest BCUT2D eigenvalue weighted by Crippen LogP contribution is -2.31. The molecule has 3 aromatic rings. The molecule has 0 atom stereocenters. The van der Waals surface area contributed by atoms with Gasteiger partial charge in [0.05, 0.1) is 21.5 Å². The van der Waals surface area contributed by atoms with Crippen LogP contribution in [0.1, 0.15) is 27.5 Å². The van der Waals surface area contributed by atoms with Gasteiger partial charge in [0.1, 0.15) is 11.5 Å². The molecule has 1 aliphatic heterocycles. The standard InChI is InChI=1S/C21H17ClN2O4S/c1-23-29(26,27)13-10-11-17(22)16(12-13)21(25)24-20-14-6-2-4-8-18(14)28-19-9-5-3-7-15(19)20/h2-12,20,23H,1H3,(H,24,25). The first-order chi connectivity index (χ1) is 13.9. The fourth-order valence-corrected chi connectivity index (χ4v) is 4.20. The van der Waals surface area contributed by atoms with Crippen molar-refractivity contribution in [1.29, 1.82) is 0 Å². The molecule has 0 unspecified atom stereocenters. The van der Waals surface area contributed by atoms with Crippen LogP contribution in [0.3, 0.4) is 0 Å². The number of para-hydroxylation sites is 2. The molecule has 2 N–H and O–H groups in total. The molecule has 4 rings (SSSR count). The monoisotopic (exact) mass is 428 g/mol. The summed E-state index contributed by atoms with van der Waals surface area (Å²) >= 11 is 6.20. The lowest BCUT2D eigenvalue weighted by Gasteiger charge is -2.29. The number of ether oxygens (including phenoxy) is 1. The fourth-order valence-electron chi connectivity index (χ4n) is 3.24. The van der Waals surface area contributed by atoms with Gasteiger partial charge < -0.3 is 10.1 Å². The highest BCUT2D eigenvalue weighted by molar-refractivity contribution is 7.89. The Labute approximate surface area is 173 Å². The summed E-state index contributed by atoms with van der Waals surface area (Å²) in [5, 5.41) is 3.12. The van der Waals surface area contributed by atoms with E-state index in [1.54, 1.807) is 0 Å². The smallest absolute Gasteiger partial charge is 0.253 e. The molecule has 6 nitrogen and oxygen atoms in total. The second kappa shape index (κ2) is 7.51. The van der Waals surface area contributed by atoms with Gasteiger partial charge in [-0.05, 0) is 37.4 Å². The van der Waals surface area contributed by atoms with Gasteiger partial charge in [0.25, 0.3) is 5.91 Å². The van der Waals surface area contributed by atoms with Crippen LogP contribution in [0.2, 0.25) is 5.02 Å². The quantitative estimate of drug-likeness (QED) is 0.660. The van der Waals surface area contributed by atoms with Gasteiger partial charge in [-0.15, -0.1) is 0 Å². The Bertz CT molecular complexity index is 1170. The molecule has 8 heteroatoms. The van der Waals surface area contributed by atoms with Crippen LogP contribution >= 0.6 is 11.6 Å². The van der Waals surface area contributed by atoms with Gasteiger partial charge in [-0.1, -0.05) is 48.0 Å². The summed E-state index contributed by atoms with van der Waals surface area (Å²) in [6.45, 7) is 0. The maximum Gasteiger partial charge on any atom is 0.253 e. The highest BCUT2D eigenvalue weighted by Crippen LogP contribution is 2.42. The van der Waals surface area contributed by atoms with Crippen LogP contribution in [0, 0.1) is 0 Å². The van der Waals surface area contributed by atoms with E-state index in [0.717, 1.165) is 11.1 Å². The Morgan fingerprint density at radius 3 is 2.14 bits per heavy atom. The normalized spacial score (nSPS) is 13.2. The molecule has 1 heterocycles. The Balaban J connectivity index is 1.74. The second-order valence-corrected chi connectivity index (χ2v) is 8.73. The van der Waals surface area contributed by atoms with Crippen LogP contribution in [-0.4, -0.2) is 21.4 Å². The number of benzene rings is 3. The first kappa shape index (κ1) is 19.4. The molecular weight excluding hydrogens is 412 g/mol. The number of sulfonamides is 1. The Hall–Kier alpha value is -2.87. The molecule has 148 valence electrons. The number of carbonyl (C=O) groups is 1. The molecule has 3 aromatic carbocycles. The topological polar surface area (TPSA) is 84.5 Å². The third-order valence-corrected chi connectivity index (χ3v) is 6.46.